The molecule has 6 heteroatoms. The summed E-state index contributed by atoms with van der Waals surface area (Å²) in [5.41, 5.74) is -0.159. The molecule has 1 N–H and O–H groups in total. The lowest BCUT2D eigenvalue weighted by molar-refractivity contribution is 0.0854. The molecule has 1 aromatic heterocycles. The Morgan fingerprint density at radius 1 is 1.18 bits per heavy atom. The molecule has 112 valence electrons. The van der Waals surface area contributed by atoms with E-state index < -0.39 is 5.69 Å². The molecule has 0 bridgehead atoms. The van der Waals surface area contributed by atoms with Crippen LogP contribution >= 0.6 is 0 Å². The summed E-state index contributed by atoms with van der Waals surface area (Å²) in [6.07, 6.45) is 5.16. The van der Waals surface area contributed by atoms with Crippen LogP contribution in [0.3, 0.4) is 0 Å². The smallest absolute Gasteiger partial charge is 0.352 e. The second-order valence-corrected chi connectivity index (χ2v) is 6.34. The number of aromatic amines is 1. The average Bonchev–Trinajstić information content (AvgIpc) is 2.82. The van der Waals surface area contributed by atoms with Gasteiger partial charge in [0.2, 0.25) is 0 Å². The third-order valence-corrected chi connectivity index (χ3v) is 5.33. The fraction of sp³-hybridized carbons (Fsp3) is 0.375. The normalized spacial score (nSPS) is 34.6. The van der Waals surface area contributed by atoms with Crippen molar-refractivity contribution in [2.75, 3.05) is 6.61 Å². The monoisotopic (exact) mass is 297 g/mol. The van der Waals surface area contributed by atoms with E-state index in [1.807, 2.05) is 30.4 Å². The molecular formula is C16H15N3O3. The highest BCUT2D eigenvalue weighted by Gasteiger charge is 2.69. The average molecular weight is 297 g/mol. The Hall–Kier alpha value is -2.34. The molecular weight excluding hydrogens is 282 g/mol. The number of rotatable bonds is 2. The molecule has 3 aliphatic rings. The van der Waals surface area contributed by atoms with Crippen molar-refractivity contribution in [1.82, 2.24) is 14.3 Å². The standard InChI is InChI=1S/C16H15N3O3/c20-14-17-19(15(21)18(14)11-4-2-1-3-5-11)12-6-7-13-16(12)8-10(16)9-22-13/h1-7,10,12-13H,8-9H2,(H,17,20)/t10-,12+,13-,16+/m0/s1. The predicted molar refractivity (Wildman–Crippen MR) is 79.1 cm³/mol. The molecule has 22 heavy (non-hydrogen) atoms. The van der Waals surface area contributed by atoms with Gasteiger partial charge in [0.15, 0.2) is 0 Å². The summed E-state index contributed by atoms with van der Waals surface area (Å²) >= 11 is 0. The van der Waals surface area contributed by atoms with E-state index in [-0.39, 0.29) is 23.3 Å². The van der Waals surface area contributed by atoms with E-state index in [4.69, 9.17) is 4.74 Å². The number of hydrogen-bond acceptors (Lipinski definition) is 3. The molecule has 1 aliphatic heterocycles. The summed E-state index contributed by atoms with van der Waals surface area (Å²) in [5.74, 6) is 0.493. The first-order valence-corrected chi connectivity index (χ1v) is 7.51. The molecule has 0 amide bonds. The fourth-order valence-electron chi connectivity index (χ4n) is 4.17. The van der Waals surface area contributed by atoms with Crippen molar-refractivity contribution in [2.24, 2.45) is 11.3 Å². The number of benzene rings is 1. The fourth-order valence-corrected chi connectivity index (χ4v) is 4.17. The number of nitrogens with zero attached hydrogens (tertiary/aromatic N) is 2. The minimum Gasteiger partial charge on any atom is -0.373 e. The van der Waals surface area contributed by atoms with Crippen molar-refractivity contribution in [3.05, 3.63) is 63.5 Å². The van der Waals surface area contributed by atoms with Crippen LogP contribution in [0, 0.1) is 11.3 Å². The van der Waals surface area contributed by atoms with Gasteiger partial charge in [-0.1, -0.05) is 30.4 Å². The van der Waals surface area contributed by atoms with Crippen LogP contribution in [0.5, 0.6) is 0 Å². The third-order valence-electron chi connectivity index (χ3n) is 5.33. The molecule has 1 saturated heterocycles. The predicted octanol–water partition coefficient (Wildman–Crippen LogP) is 0.843. The van der Waals surface area contributed by atoms with E-state index in [9.17, 15) is 9.59 Å². The zero-order valence-electron chi connectivity index (χ0n) is 11.8. The molecule has 1 spiro atoms. The van der Waals surface area contributed by atoms with Gasteiger partial charge < -0.3 is 4.74 Å². The quantitative estimate of drug-likeness (QED) is 0.835. The van der Waals surface area contributed by atoms with Gasteiger partial charge in [-0.05, 0) is 24.5 Å². The third kappa shape index (κ3) is 1.33. The molecule has 0 unspecified atom stereocenters. The summed E-state index contributed by atoms with van der Waals surface area (Å²) in [5, 5.41) is 2.72. The summed E-state index contributed by atoms with van der Waals surface area (Å²) in [6.45, 7) is 0.754. The lowest BCUT2D eigenvalue weighted by atomic mass is 9.96. The lowest BCUT2D eigenvalue weighted by Crippen LogP contribution is -2.33. The van der Waals surface area contributed by atoms with Crippen LogP contribution < -0.4 is 11.4 Å². The Kier molecular flexibility index (Phi) is 2.16. The van der Waals surface area contributed by atoms with Gasteiger partial charge in [-0.2, -0.15) is 0 Å². The zero-order chi connectivity index (χ0) is 14.9. The van der Waals surface area contributed by atoms with Crippen LogP contribution in [-0.4, -0.2) is 27.1 Å². The van der Waals surface area contributed by atoms with Gasteiger partial charge in [-0.3, -0.25) is 0 Å². The maximum Gasteiger partial charge on any atom is 0.352 e. The van der Waals surface area contributed by atoms with Gasteiger partial charge in [-0.25, -0.2) is 23.9 Å². The van der Waals surface area contributed by atoms with E-state index in [1.165, 1.54) is 9.25 Å². The number of para-hydroxylation sites is 1. The Labute approximate surface area is 125 Å². The number of H-pyrrole nitrogens is 1. The number of nitrogens with one attached hydrogen (secondary N) is 1. The molecule has 4 atom stereocenters. The first-order valence-electron chi connectivity index (χ1n) is 7.51. The second-order valence-electron chi connectivity index (χ2n) is 6.34. The van der Waals surface area contributed by atoms with E-state index in [1.54, 1.807) is 12.1 Å². The van der Waals surface area contributed by atoms with Crippen LogP contribution in [0.1, 0.15) is 12.5 Å². The minimum absolute atomic E-state index is 0.0182. The minimum atomic E-state index is -0.402. The van der Waals surface area contributed by atoms with Crippen LogP contribution in [0.2, 0.25) is 0 Å². The highest BCUT2D eigenvalue weighted by Crippen LogP contribution is 2.69. The van der Waals surface area contributed by atoms with E-state index >= 15 is 0 Å². The lowest BCUT2D eigenvalue weighted by Gasteiger charge is -2.20. The van der Waals surface area contributed by atoms with Crippen LogP contribution in [-0.2, 0) is 4.74 Å². The van der Waals surface area contributed by atoms with E-state index in [0.29, 0.717) is 11.6 Å². The summed E-state index contributed by atoms with van der Waals surface area (Å²) < 4.78 is 8.40. The van der Waals surface area contributed by atoms with Crippen molar-refractivity contribution in [1.29, 1.82) is 0 Å². The Bertz CT molecular complexity index is 891. The Balaban J connectivity index is 1.65. The van der Waals surface area contributed by atoms with E-state index in [2.05, 4.69) is 5.10 Å². The van der Waals surface area contributed by atoms with Gasteiger partial charge in [0.25, 0.3) is 0 Å². The molecule has 5 rings (SSSR count). The first-order chi connectivity index (χ1) is 10.7. The topological polar surface area (TPSA) is 69.0 Å². The molecule has 1 aromatic carbocycles. The second kappa shape index (κ2) is 3.89. The molecule has 0 radical (unpaired) electrons. The molecule has 2 fully saturated rings. The van der Waals surface area contributed by atoms with Crippen molar-refractivity contribution in [3.63, 3.8) is 0 Å². The van der Waals surface area contributed by atoms with Crippen molar-refractivity contribution in [2.45, 2.75) is 18.6 Å². The number of hydrogen-bond donors (Lipinski definition) is 1. The van der Waals surface area contributed by atoms with Gasteiger partial charge in [0, 0.05) is 5.41 Å². The number of aromatic nitrogens is 3. The first kappa shape index (κ1) is 12.2. The highest BCUT2D eigenvalue weighted by molar-refractivity contribution is 5.32. The summed E-state index contributed by atoms with van der Waals surface area (Å²) in [4.78, 5) is 25.0. The van der Waals surface area contributed by atoms with Gasteiger partial charge >= 0.3 is 11.4 Å². The Morgan fingerprint density at radius 2 is 2.00 bits per heavy atom. The number of allylic oxidation sites excluding steroid dienone is 1. The SMILES string of the molecule is O=c1[nH]n([C@@H]2C=C[C@@H]3OC[C@@H]4C[C@]432)c(=O)n1-c1ccccc1. The highest BCUT2D eigenvalue weighted by atomic mass is 16.5. The molecule has 2 aliphatic carbocycles. The zero-order valence-corrected chi connectivity index (χ0v) is 11.8. The maximum absolute atomic E-state index is 12.7. The molecule has 6 nitrogen and oxygen atoms in total. The molecule has 2 heterocycles. The summed E-state index contributed by atoms with van der Waals surface area (Å²) in [6, 6.07) is 8.87. The summed E-state index contributed by atoms with van der Waals surface area (Å²) in [7, 11) is 0. The van der Waals surface area contributed by atoms with E-state index in [0.717, 1.165) is 13.0 Å². The van der Waals surface area contributed by atoms with Gasteiger partial charge in [-0.15, -0.1) is 0 Å². The van der Waals surface area contributed by atoms with Crippen molar-refractivity contribution in [3.8, 4) is 5.69 Å². The van der Waals surface area contributed by atoms with Gasteiger partial charge in [0.1, 0.15) is 0 Å². The van der Waals surface area contributed by atoms with Crippen LogP contribution in [0.25, 0.3) is 5.69 Å². The Morgan fingerprint density at radius 3 is 2.77 bits per heavy atom. The van der Waals surface area contributed by atoms with Crippen molar-refractivity contribution < 1.29 is 4.74 Å². The maximum atomic E-state index is 12.7. The van der Waals surface area contributed by atoms with Gasteiger partial charge in [0.05, 0.1) is 24.4 Å². The number of ether oxygens (including phenoxy) is 1. The van der Waals surface area contributed by atoms with Crippen LogP contribution in [0.15, 0.2) is 52.1 Å². The molecule has 2 aromatic rings. The molecule has 1 saturated carbocycles. The van der Waals surface area contributed by atoms with Crippen LogP contribution in [0.4, 0.5) is 0 Å². The largest absolute Gasteiger partial charge is 0.373 e. The van der Waals surface area contributed by atoms with Crippen molar-refractivity contribution >= 4 is 0 Å².